The van der Waals surface area contributed by atoms with E-state index in [1.807, 2.05) is 57.8 Å². The molecule has 63 heavy (non-hydrogen) atoms. The minimum atomic E-state index is -0.861. The molecule has 5 atom stereocenters. The van der Waals surface area contributed by atoms with Crippen LogP contribution >= 0.6 is 0 Å². The molecule has 1 aliphatic carbocycles. The third-order valence-electron chi connectivity index (χ3n) is 13.0. The highest BCUT2D eigenvalue weighted by atomic mass is 16.5. The maximum absolute atomic E-state index is 13.9. The van der Waals surface area contributed by atoms with E-state index in [0.717, 1.165) is 69.5 Å². The van der Waals surface area contributed by atoms with Crippen molar-refractivity contribution in [3.63, 3.8) is 0 Å². The summed E-state index contributed by atoms with van der Waals surface area (Å²) >= 11 is 0. The number of hydrogen-bond donors (Lipinski definition) is 4. The SMILES string of the molecule is COC(=O)N[C@H](C(=O)N1CC2(CC2)C[C@H]1c1ncc(-c2ccc3cc(-c4ccc(-c5cnc([C@@H]6C[C@H](C#N)CN6C(=O)[C@@H](NC(=O)OC)C(C)(C)C)[nH]5)cc4)ccc3c2)[nH]1)C(C)C. The molecule has 2 saturated heterocycles. The van der Waals surface area contributed by atoms with Gasteiger partial charge in [-0.2, -0.15) is 5.26 Å². The lowest BCUT2D eigenvalue weighted by molar-refractivity contribution is -0.137. The Bertz CT molecular complexity index is 2580. The van der Waals surface area contributed by atoms with Gasteiger partial charge in [-0.1, -0.05) is 83.1 Å². The number of fused-ring (bicyclic) bond motifs is 1. The highest BCUT2D eigenvalue weighted by Crippen LogP contribution is 2.58. The van der Waals surface area contributed by atoms with Gasteiger partial charge in [0.05, 0.1) is 62.1 Å². The van der Waals surface area contributed by atoms with Gasteiger partial charge in [0.2, 0.25) is 11.8 Å². The third-order valence-corrected chi connectivity index (χ3v) is 13.0. The van der Waals surface area contributed by atoms with Crippen molar-refractivity contribution in [3.05, 3.63) is 84.7 Å². The lowest BCUT2D eigenvalue weighted by atomic mass is 9.85. The van der Waals surface area contributed by atoms with Crippen LogP contribution < -0.4 is 10.6 Å². The molecule has 8 rings (SSSR count). The van der Waals surface area contributed by atoms with Crippen molar-refractivity contribution in [1.29, 1.82) is 5.26 Å². The van der Waals surface area contributed by atoms with Crippen molar-refractivity contribution in [2.24, 2.45) is 22.7 Å². The third kappa shape index (κ3) is 8.71. The Morgan fingerprint density at radius 2 is 1.33 bits per heavy atom. The summed E-state index contributed by atoms with van der Waals surface area (Å²) in [6.45, 7) is 10.3. The monoisotopic (exact) mass is 853 g/mol. The number of carbonyl (C=O) groups excluding carboxylic acids is 4. The number of rotatable bonds is 10. The summed E-state index contributed by atoms with van der Waals surface area (Å²) in [5.74, 6) is 0.430. The summed E-state index contributed by atoms with van der Waals surface area (Å²) in [6.07, 6.45) is 5.68. The van der Waals surface area contributed by atoms with E-state index in [1.54, 1.807) is 11.1 Å². The van der Waals surface area contributed by atoms with Gasteiger partial charge in [0.1, 0.15) is 23.7 Å². The second-order valence-electron chi connectivity index (χ2n) is 18.8. The van der Waals surface area contributed by atoms with Crippen LogP contribution in [0.1, 0.15) is 84.0 Å². The van der Waals surface area contributed by atoms with Gasteiger partial charge >= 0.3 is 12.2 Å². The fourth-order valence-electron chi connectivity index (χ4n) is 9.11. The number of carbonyl (C=O) groups is 4. The summed E-state index contributed by atoms with van der Waals surface area (Å²) in [5.41, 5.74) is 5.17. The van der Waals surface area contributed by atoms with Crippen molar-refractivity contribution < 1.29 is 28.7 Å². The molecule has 5 aromatic rings. The van der Waals surface area contributed by atoms with Crippen LogP contribution in [-0.4, -0.2) is 93.1 Å². The van der Waals surface area contributed by atoms with Crippen LogP contribution in [0.5, 0.6) is 0 Å². The molecule has 3 aliphatic rings. The summed E-state index contributed by atoms with van der Waals surface area (Å²) < 4.78 is 9.62. The normalized spacial score (nSPS) is 20.1. The fraction of sp³-hybridized carbons (Fsp3) is 0.438. The van der Waals surface area contributed by atoms with Crippen LogP contribution in [0.3, 0.4) is 0 Å². The number of benzene rings is 3. The number of hydrogen-bond acceptors (Lipinski definition) is 9. The average Bonchev–Trinajstić information content (AvgIpc) is 3.78. The Kier molecular flexibility index (Phi) is 11.5. The maximum Gasteiger partial charge on any atom is 0.407 e. The van der Waals surface area contributed by atoms with Crippen molar-refractivity contribution in [2.45, 2.75) is 84.5 Å². The Morgan fingerprint density at radius 1 is 0.778 bits per heavy atom. The van der Waals surface area contributed by atoms with Gasteiger partial charge in [0.15, 0.2) is 0 Å². The molecule has 3 fully saturated rings. The van der Waals surface area contributed by atoms with E-state index in [9.17, 15) is 24.4 Å². The lowest BCUT2D eigenvalue weighted by Gasteiger charge is -2.34. The number of aromatic nitrogens is 4. The second-order valence-corrected chi connectivity index (χ2v) is 18.8. The van der Waals surface area contributed by atoms with E-state index in [1.165, 1.54) is 14.2 Å². The predicted molar refractivity (Wildman–Crippen MR) is 236 cm³/mol. The Hall–Kier alpha value is -6.69. The summed E-state index contributed by atoms with van der Waals surface area (Å²) in [4.78, 5) is 72.1. The number of amides is 4. The summed E-state index contributed by atoms with van der Waals surface area (Å²) in [5, 5.41) is 17.4. The Balaban J connectivity index is 0.965. The molecule has 0 unspecified atom stereocenters. The first-order valence-electron chi connectivity index (χ1n) is 21.5. The van der Waals surface area contributed by atoms with E-state index >= 15 is 0 Å². The van der Waals surface area contributed by atoms with Crippen LogP contribution in [0, 0.1) is 34.0 Å². The van der Waals surface area contributed by atoms with Crippen molar-refractivity contribution in [2.75, 3.05) is 27.3 Å². The van der Waals surface area contributed by atoms with Crippen LogP contribution in [-0.2, 0) is 19.1 Å². The molecule has 328 valence electrons. The van der Waals surface area contributed by atoms with Crippen molar-refractivity contribution >= 4 is 34.8 Å². The standard InChI is InChI=1S/C48H55N9O6/c1-27(2)39(54-45(60)62-6)43(58)57-26-48(16-17-48)21-38(57)42-51-24-36(53-42)34-15-14-32-19-31(12-13-33(32)20-34)29-8-10-30(11-9-29)35-23-50-41(52-35)37-18-28(22-49)25-56(37)44(59)40(47(3,4)5)55-46(61)63-7/h8-15,19-20,23-24,27-28,37-40H,16-18,21,25-26H2,1-7H3,(H,50,52)(H,51,53)(H,54,60)(H,55,61)/t28-,37+,38+,39+,40-/m1/s1. The number of aromatic amines is 2. The molecule has 4 N–H and O–H groups in total. The van der Waals surface area contributed by atoms with Crippen LogP contribution in [0.15, 0.2) is 73.1 Å². The van der Waals surface area contributed by atoms with E-state index < -0.39 is 35.7 Å². The van der Waals surface area contributed by atoms with Gasteiger partial charge < -0.3 is 39.9 Å². The molecule has 4 amide bonds. The number of ether oxygens (including phenoxy) is 2. The lowest BCUT2D eigenvalue weighted by Crippen LogP contribution is -2.54. The molecule has 3 aromatic carbocycles. The average molecular weight is 854 g/mol. The van der Waals surface area contributed by atoms with Crippen LogP contribution in [0.4, 0.5) is 9.59 Å². The Morgan fingerprint density at radius 3 is 1.92 bits per heavy atom. The van der Waals surface area contributed by atoms with Gasteiger partial charge in [-0.05, 0) is 82.0 Å². The first-order valence-corrected chi connectivity index (χ1v) is 21.5. The number of likely N-dealkylation sites (tertiary alicyclic amines) is 2. The first-order chi connectivity index (χ1) is 30.1. The molecule has 2 aromatic heterocycles. The zero-order valence-electron chi connectivity index (χ0n) is 36.8. The first kappa shape index (κ1) is 43.0. The molecular weight excluding hydrogens is 799 g/mol. The number of nitrogens with zero attached hydrogens (tertiary/aromatic N) is 5. The number of nitrogens with one attached hydrogen (secondary N) is 4. The summed E-state index contributed by atoms with van der Waals surface area (Å²) in [6, 6.07) is 21.0. The van der Waals surface area contributed by atoms with Crippen molar-refractivity contribution in [3.8, 4) is 39.7 Å². The van der Waals surface area contributed by atoms with Gasteiger partial charge in [0, 0.05) is 18.7 Å². The largest absolute Gasteiger partial charge is 0.453 e. The number of nitriles is 1. The summed E-state index contributed by atoms with van der Waals surface area (Å²) in [7, 11) is 2.56. The molecular formula is C48H55N9O6. The van der Waals surface area contributed by atoms with E-state index in [-0.39, 0.29) is 41.7 Å². The molecule has 0 bridgehead atoms. The van der Waals surface area contributed by atoms with Crippen LogP contribution in [0.25, 0.3) is 44.4 Å². The van der Waals surface area contributed by atoms with Gasteiger partial charge in [-0.25, -0.2) is 19.6 Å². The number of alkyl carbamates (subject to hydrolysis) is 2. The molecule has 0 radical (unpaired) electrons. The van der Waals surface area contributed by atoms with E-state index in [0.29, 0.717) is 18.8 Å². The number of H-pyrrole nitrogens is 2. The molecule has 15 nitrogen and oxygen atoms in total. The molecule has 4 heterocycles. The minimum Gasteiger partial charge on any atom is -0.453 e. The van der Waals surface area contributed by atoms with E-state index in [2.05, 4.69) is 80.2 Å². The zero-order chi connectivity index (χ0) is 44.8. The maximum atomic E-state index is 13.9. The smallest absolute Gasteiger partial charge is 0.407 e. The highest BCUT2D eigenvalue weighted by Gasteiger charge is 2.55. The van der Waals surface area contributed by atoms with Gasteiger partial charge in [-0.3, -0.25) is 9.59 Å². The van der Waals surface area contributed by atoms with Crippen molar-refractivity contribution in [1.82, 2.24) is 40.4 Å². The predicted octanol–water partition coefficient (Wildman–Crippen LogP) is 7.91. The molecule has 1 saturated carbocycles. The quantitative estimate of drug-likeness (QED) is 0.108. The Labute approximate surface area is 366 Å². The van der Waals surface area contributed by atoms with E-state index in [4.69, 9.17) is 14.5 Å². The fourth-order valence-corrected chi connectivity index (χ4v) is 9.11. The second kappa shape index (κ2) is 16.9. The van der Waals surface area contributed by atoms with Gasteiger partial charge in [0.25, 0.3) is 0 Å². The van der Waals surface area contributed by atoms with Gasteiger partial charge in [-0.15, -0.1) is 0 Å². The van der Waals surface area contributed by atoms with Crippen LogP contribution in [0.2, 0.25) is 0 Å². The number of imidazole rings is 2. The minimum absolute atomic E-state index is 0.109. The molecule has 2 aliphatic heterocycles. The molecule has 1 spiro atoms. The topological polar surface area (TPSA) is 198 Å². The number of methoxy groups -OCH3 is 2. The zero-order valence-corrected chi connectivity index (χ0v) is 36.8. The highest BCUT2D eigenvalue weighted by molar-refractivity contribution is 5.91. The molecule has 15 heteroatoms.